The Hall–Kier alpha value is -1.44. The summed E-state index contributed by atoms with van der Waals surface area (Å²) in [6, 6.07) is 0. The zero-order valence-electron chi connectivity index (χ0n) is 10.3. The summed E-state index contributed by atoms with van der Waals surface area (Å²) in [5.41, 5.74) is 5.57. The van der Waals surface area contributed by atoms with E-state index in [0.717, 1.165) is 6.42 Å². The van der Waals surface area contributed by atoms with E-state index in [-0.39, 0.29) is 5.95 Å². The van der Waals surface area contributed by atoms with Crippen molar-refractivity contribution >= 4 is 28.6 Å². The average molecular weight is 258 g/mol. The molecular formula is C9H18N6OS. The Balaban J connectivity index is 2.55. The second-order valence-corrected chi connectivity index (χ2v) is 5.32. The van der Waals surface area contributed by atoms with Crippen LogP contribution in [0.2, 0.25) is 0 Å². The highest BCUT2D eigenvalue weighted by Gasteiger charge is 2.05. The number of rotatable bonds is 6. The molecule has 1 unspecified atom stereocenters. The van der Waals surface area contributed by atoms with Crippen molar-refractivity contribution in [2.45, 2.75) is 6.42 Å². The Morgan fingerprint density at radius 2 is 2.06 bits per heavy atom. The van der Waals surface area contributed by atoms with Crippen molar-refractivity contribution in [2.75, 3.05) is 48.6 Å². The zero-order chi connectivity index (χ0) is 12.8. The number of nitrogens with one attached hydrogen (secondary N) is 1. The first-order valence-electron chi connectivity index (χ1n) is 5.22. The summed E-state index contributed by atoms with van der Waals surface area (Å²) >= 11 is 0. The lowest BCUT2D eigenvalue weighted by Crippen LogP contribution is -2.17. The van der Waals surface area contributed by atoms with Crippen LogP contribution in [0.15, 0.2) is 0 Å². The highest BCUT2D eigenvalue weighted by Crippen LogP contribution is 2.08. The third-order valence-electron chi connectivity index (χ3n) is 1.93. The van der Waals surface area contributed by atoms with Crippen molar-refractivity contribution in [3.05, 3.63) is 0 Å². The standard InChI is InChI=1S/C9H18N6OS/c1-15(2)9-13-7(10)12-8(14-9)11-5-4-6-17(3)16/h4-6H2,1-3H3,(H3,10,11,12,13,14). The summed E-state index contributed by atoms with van der Waals surface area (Å²) in [6.07, 6.45) is 2.48. The van der Waals surface area contributed by atoms with Crippen molar-refractivity contribution in [1.82, 2.24) is 15.0 Å². The van der Waals surface area contributed by atoms with Gasteiger partial charge in [0.05, 0.1) is 0 Å². The van der Waals surface area contributed by atoms with Crippen LogP contribution in [0.3, 0.4) is 0 Å². The van der Waals surface area contributed by atoms with Gasteiger partial charge in [0.15, 0.2) is 0 Å². The molecule has 17 heavy (non-hydrogen) atoms. The summed E-state index contributed by atoms with van der Waals surface area (Å²) in [5.74, 6) is 1.81. The first-order chi connectivity index (χ1) is 7.99. The van der Waals surface area contributed by atoms with Crippen LogP contribution in [-0.2, 0) is 10.8 Å². The molecule has 1 rings (SSSR count). The van der Waals surface area contributed by atoms with Crippen LogP contribution in [0, 0.1) is 0 Å². The van der Waals surface area contributed by atoms with E-state index in [1.807, 2.05) is 14.1 Å². The molecule has 0 saturated carbocycles. The summed E-state index contributed by atoms with van der Waals surface area (Å²) in [6.45, 7) is 0.663. The van der Waals surface area contributed by atoms with E-state index in [4.69, 9.17) is 5.73 Å². The van der Waals surface area contributed by atoms with Crippen LogP contribution in [0.25, 0.3) is 0 Å². The molecule has 0 fully saturated rings. The fraction of sp³-hybridized carbons (Fsp3) is 0.667. The molecule has 0 aliphatic heterocycles. The maximum absolute atomic E-state index is 10.9. The van der Waals surface area contributed by atoms with E-state index in [1.165, 1.54) is 0 Å². The summed E-state index contributed by atoms with van der Waals surface area (Å²) in [4.78, 5) is 13.9. The molecule has 8 heteroatoms. The van der Waals surface area contributed by atoms with E-state index in [9.17, 15) is 4.21 Å². The second-order valence-electron chi connectivity index (χ2n) is 3.77. The monoisotopic (exact) mass is 258 g/mol. The Kier molecular flexibility index (Phi) is 5.08. The van der Waals surface area contributed by atoms with Crippen LogP contribution in [0.4, 0.5) is 17.8 Å². The molecule has 1 aromatic heterocycles. The fourth-order valence-electron chi connectivity index (χ4n) is 1.14. The predicted octanol–water partition coefficient (Wildman–Crippen LogP) is -0.300. The maximum Gasteiger partial charge on any atom is 0.231 e. The minimum Gasteiger partial charge on any atom is -0.368 e. The maximum atomic E-state index is 10.9. The van der Waals surface area contributed by atoms with Gasteiger partial charge in [-0.3, -0.25) is 4.21 Å². The molecule has 0 aromatic carbocycles. The molecule has 0 saturated heterocycles. The molecule has 0 amide bonds. The third kappa shape index (κ3) is 4.94. The predicted molar refractivity (Wildman–Crippen MR) is 70.6 cm³/mol. The van der Waals surface area contributed by atoms with Crippen LogP contribution < -0.4 is 16.0 Å². The Morgan fingerprint density at radius 3 is 2.65 bits per heavy atom. The Bertz CT molecular complexity index is 397. The topological polar surface area (TPSA) is 97.0 Å². The number of aromatic nitrogens is 3. The molecule has 1 atom stereocenters. The quantitative estimate of drug-likeness (QED) is 0.676. The average Bonchev–Trinajstić information content (AvgIpc) is 2.23. The van der Waals surface area contributed by atoms with Gasteiger partial charge in [0, 0.05) is 43.4 Å². The SMILES string of the molecule is CN(C)c1nc(N)nc(NCCCS(C)=O)n1. The van der Waals surface area contributed by atoms with Gasteiger partial charge >= 0.3 is 0 Å². The highest BCUT2D eigenvalue weighted by atomic mass is 32.2. The number of hydrogen-bond acceptors (Lipinski definition) is 7. The molecular weight excluding hydrogens is 240 g/mol. The molecule has 1 heterocycles. The summed E-state index contributed by atoms with van der Waals surface area (Å²) in [5, 5.41) is 3.03. The fourth-order valence-corrected chi connectivity index (χ4v) is 1.69. The molecule has 0 aliphatic rings. The number of nitrogens with two attached hydrogens (primary N) is 1. The smallest absolute Gasteiger partial charge is 0.231 e. The van der Waals surface area contributed by atoms with E-state index in [1.54, 1.807) is 11.2 Å². The van der Waals surface area contributed by atoms with E-state index >= 15 is 0 Å². The minimum absolute atomic E-state index is 0.185. The van der Waals surface area contributed by atoms with Crippen molar-refractivity contribution in [1.29, 1.82) is 0 Å². The first kappa shape index (κ1) is 13.6. The van der Waals surface area contributed by atoms with Gasteiger partial charge in [0.25, 0.3) is 0 Å². The second kappa shape index (κ2) is 6.33. The first-order valence-corrected chi connectivity index (χ1v) is 6.94. The van der Waals surface area contributed by atoms with Crippen LogP contribution in [-0.4, -0.2) is 51.8 Å². The highest BCUT2D eigenvalue weighted by molar-refractivity contribution is 7.84. The summed E-state index contributed by atoms with van der Waals surface area (Å²) < 4.78 is 10.9. The molecule has 0 radical (unpaired) electrons. The molecule has 0 aliphatic carbocycles. The Labute approximate surface area is 103 Å². The van der Waals surface area contributed by atoms with Gasteiger partial charge in [-0.1, -0.05) is 0 Å². The van der Waals surface area contributed by atoms with Crippen LogP contribution in [0.1, 0.15) is 6.42 Å². The summed E-state index contributed by atoms with van der Waals surface area (Å²) in [7, 11) is 2.90. The third-order valence-corrected chi connectivity index (χ3v) is 2.80. The zero-order valence-corrected chi connectivity index (χ0v) is 11.1. The van der Waals surface area contributed by atoms with Gasteiger partial charge in [-0.25, -0.2) is 0 Å². The molecule has 3 N–H and O–H groups in total. The molecule has 0 bridgehead atoms. The number of nitrogens with zero attached hydrogens (tertiary/aromatic N) is 4. The van der Waals surface area contributed by atoms with Gasteiger partial charge in [0.2, 0.25) is 17.8 Å². The van der Waals surface area contributed by atoms with Gasteiger partial charge in [0.1, 0.15) is 0 Å². The Morgan fingerprint density at radius 1 is 1.35 bits per heavy atom. The lowest BCUT2D eigenvalue weighted by atomic mass is 10.5. The van der Waals surface area contributed by atoms with Crippen LogP contribution >= 0.6 is 0 Å². The van der Waals surface area contributed by atoms with E-state index in [0.29, 0.717) is 24.2 Å². The molecule has 7 nitrogen and oxygen atoms in total. The number of anilines is 3. The molecule has 1 aromatic rings. The van der Waals surface area contributed by atoms with Crippen molar-refractivity contribution < 1.29 is 4.21 Å². The van der Waals surface area contributed by atoms with Gasteiger partial charge in [-0.05, 0) is 6.42 Å². The van der Waals surface area contributed by atoms with Crippen molar-refractivity contribution in [3.8, 4) is 0 Å². The van der Waals surface area contributed by atoms with Crippen LogP contribution in [0.5, 0.6) is 0 Å². The molecule has 96 valence electrons. The van der Waals surface area contributed by atoms with Gasteiger partial charge in [-0.2, -0.15) is 15.0 Å². The largest absolute Gasteiger partial charge is 0.368 e. The van der Waals surface area contributed by atoms with Crippen molar-refractivity contribution in [2.24, 2.45) is 0 Å². The van der Waals surface area contributed by atoms with Gasteiger partial charge in [-0.15, -0.1) is 0 Å². The number of nitrogen functional groups attached to an aromatic ring is 1. The normalized spacial score (nSPS) is 12.2. The molecule has 0 spiro atoms. The van der Waals surface area contributed by atoms with E-state index in [2.05, 4.69) is 20.3 Å². The van der Waals surface area contributed by atoms with Gasteiger partial charge < -0.3 is 16.0 Å². The van der Waals surface area contributed by atoms with E-state index < -0.39 is 10.8 Å². The number of hydrogen-bond donors (Lipinski definition) is 2. The minimum atomic E-state index is -0.766. The lowest BCUT2D eigenvalue weighted by Gasteiger charge is -2.11. The lowest BCUT2D eigenvalue weighted by molar-refractivity contribution is 0.685. The van der Waals surface area contributed by atoms with Crippen molar-refractivity contribution in [3.63, 3.8) is 0 Å².